The highest BCUT2D eigenvalue weighted by Crippen LogP contribution is 2.27. The van der Waals surface area contributed by atoms with Crippen molar-refractivity contribution >= 4 is 5.97 Å². The lowest BCUT2D eigenvalue weighted by Crippen LogP contribution is -2.61. The zero-order valence-electron chi connectivity index (χ0n) is 43.6. The SMILES string of the molecule is CCCCCC/C=C\CCCCCCCC(=O)OC(COCCCCCCCCCCCCCCCCCCCCCCCC)COC1OC(COC2OC(CO)C(O)C(O)C2O)C(O)C(O)C1O. The van der Waals surface area contributed by atoms with Crippen LogP contribution >= 0.6 is 0 Å². The van der Waals surface area contributed by atoms with Gasteiger partial charge in [-0.2, -0.15) is 0 Å². The Kier molecular flexibility index (Phi) is 39.9. The molecule has 7 N–H and O–H groups in total. The summed E-state index contributed by atoms with van der Waals surface area (Å²) in [7, 11) is 0. The number of carbonyl (C=O) groups is 1. The maximum atomic E-state index is 13.0. The van der Waals surface area contributed by atoms with E-state index in [0.29, 0.717) is 13.0 Å². The quantitative estimate of drug-likeness (QED) is 0.0172. The van der Waals surface area contributed by atoms with E-state index in [1.807, 2.05) is 0 Å². The van der Waals surface area contributed by atoms with Gasteiger partial charge in [0, 0.05) is 13.0 Å². The van der Waals surface area contributed by atoms with Crippen molar-refractivity contribution in [1.29, 1.82) is 0 Å². The predicted molar refractivity (Wildman–Crippen MR) is 271 cm³/mol. The number of aliphatic hydroxyl groups excluding tert-OH is 7. The van der Waals surface area contributed by atoms with Crippen molar-refractivity contribution < 1.29 is 69.0 Å². The standard InChI is InChI=1S/C55H104O14/c1-3-5-7-9-11-13-15-17-18-19-20-21-22-23-24-25-27-29-31-33-35-37-39-64-41-44(67-47(57)38-36-34-32-30-28-26-16-14-12-10-8-6-4-2)42-65-54-53(63)51(61)49(59)46(69-54)43-66-55-52(62)50(60)48(58)45(40-56)68-55/h14,16,44-46,48-56,58-63H,3-13,15,17-43H2,1-2H3/b16-14-. The molecule has 0 amide bonds. The van der Waals surface area contributed by atoms with E-state index in [1.54, 1.807) is 0 Å². The number of esters is 1. The van der Waals surface area contributed by atoms with Gasteiger partial charge in [0.2, 0.25) is 0 Å². The zero-order chi connectivity index (χ0) is 50.2. The molecular formula is C55H104O14. The lowest BCUT2D eigenvalue weighted by Gasteiger charge is -2.42. The number of rotatable bonds is 46. The second kappa shape index (κ2) is 43.2. The second-order valence-electron chi connectivity index (χ2n) is 20.1. The van der Waals surface area contributed by atoms with Crippen LogP contribution in [0.3, 0.4) is 0 Å². The van der Waals surface area contributed by atoms with E-state index in [2.05, 4.69) is 26.0 Å². The molecule has 2 fully saturated rings. The van der Waals surface area contributed by atoms with Gasteiger partial charge in [0.1, 0.15) is 54.9 Å². The molecule has 11 atom stereocenters. The molecular weight excluding hydrogens is 885 g/mol. The highest BCUT2D eigenvalue weighted by atomic mass is 16.7. The van der Waals surface area contributed by atoms with Gasteiger partial charge >= 0.3 is 5.97 Å². The Hall–Kier alpha value is -1.27. The fourth-order valence-electron chi connectivity index (χ4n) is 9.16. The molecule has 0 spiro atoms. The molecule has 2 heterocycles. The Balaban J connectivity index is 1.70. The van der Waals surface area contributed by atoms with Crippen LogP contribution in [-0.4, -0.2) is 142 Å². The van der Waals surface area contributed by atoms with Crippen LogP contribution in [0.25, 0.3) is 0 Å². The lowest BCUT2D eigenvalue weighted by molar-refractivity contribution is -0.332. The van der Waals surface area contributed by atoms with Crippen LogP contribution in [0.1, 0.15) is 232 Å². The summed E-state index contributed by atoms with van der Waals surface area (Å²) in [6, 6.07) is 0. The maximum absolute atomic E-state index is 13.0. The van der Waals surface area contributed by atoms with Crippen LogP contribution < -0.4 is 0 Å². The van der Waals surface area contributed by atoms with Gasteiger partial charge in [0.25, 0.3) is 0 Å². The fraction of sp³-hybridized carbons (Fsp3) is 0.945. The third-order valence-electron chi connectivity index (χ3n) is 13.8. The number of ether oxygens (including phenoxy) is 6. The van der Waals surface area contributed by atoms with Gasteiger partial charge in [-0.1, -0.05) is 199 Å². The zero-order valence-corrected chi connectivity index (χ0v) is 43.6. The molecule has 2 aliphatic heterocycles. The predicted octanol–water partition coefficient (Wildman–Crippen LogP) is 9.41. The Labute approximate surface area is 418 Å². The summed E-state index contributed by atoms with van der Waals surface area (Å²) < 4.78 is 34.3. The summed E-state index contributed by atoms with van der Waals surface area (Å²) in [6.45, 7) is 3.71. The summed E-state index contributed by atoms with van der Waals surface area (Å²) in [5.41, 5.74) is 0. The van der Waals surface area contributed by atoms with Crippen LogP contribution in [0, 0.1) is 0 Å². The molecule has 0 saturated carbocycles. The largest absolute Gasteiger partial charge is 0.457 e. The van der Waals surface area contributed by atoms with Crippen LogP contribution in [0.2, 0.25) is 0 Å². The molecule has 2 rings (SSSR count). The van der Waals surface area contributed by atoms with E-state index < -0.39 is 80.7 Å². The highest BCUT2D eigenvalue weighted by molar-refractivity contribution is 5.69. The van der Waals surface area contributed by atoms with E-state index in [1.165, 1.54) is 148 Å². The van der Waals surface area contributed by atoms with Crippen LogP contribution in [0.4, 0.5) is 0 Å². The first kappa shape index (κ1) is 63.8. The summed E-state index contributed by atoms with van der Waals surface area (Å²) in [5.74, 6) is -0.381. The van der Waals surface area contributed by atoms with Crippen molar-refractivity contribution in [2.75, 3.05) is 33.0 Å². The average molecular weight is 989 g/mol. The molecule has 14 nitrogen and oxygen atoms in total. The third kappa shape index (κ3) is 30.5. The Morgan fingerprint density at radius 1 is 0.464 bits per heavy atom. The minimum atomic E-state index is -1.70. The third-order valence-corrected chi connectivity index (χ3v) is 13.8. The smallest absolute Gasteiger partial charge is 0.306 e. The average Bonchev–Trinajstić information content (AvgIpc) is 3.35. The molecule has 0 aliphatic carbocycles. The monoisotopic (exact) mass is 989 g/mol. The number of allylic oxidation sites excluding steroid dienone is 2. The molecule has 0 aromatic rings. The topological polar surface area (TPSA) is 214 Å². The van der Waals surface area contributed by atoms with Gasteiger partial charge in [-0.05, 0) is 38.5 Å². The number of unbranched alkanes of at least 4 members (excludes halogenated alkanes) is 30. The molecule has 0 aromatic heterocycles. The van der Waals surface area contributed by atoms with Crippen molar-refractivity contribution in [2.45, 2.75) is 300 Å². The Morgan fingerprint density at radius 2 is 0.855 bits per heavy atom. The van der Waals surface area contributed by atoms with Gasteiger partial charge in [-0.3, -0.25) is 4.79 Å². The van der Waals surface area contributed by atoms with Gasteiger partial charge < -0.3 is 64.2 Å². The van der Waals surface area contributed by atoms with Crippen molar-refractivity contribution in [3.8, 4) is 0 Å². The van der Waals surface area contributed by atoms with Gasteiger partial charge in [0.05, 0.1) is 26.4 Å². The molecule has 14 heteroatoms. The summed E-state index contributed by atoms with van der Waals surface area (Å²) >= 11 is 0. The Morgan fingerprint density at radius 3 is 1.33 bits per heavy atom. The van der Waals surface area contributed by atoms with Crippen molar-refractivity contribution in [3.05, 3.63) is 12.2 Å². The number of carbonyl (C=O) groups excluding carboxylic acids is 1. The number of hydrogen-bond acceptors (Lipinski definition) is 14. The first-order chi connectivity index (χ1) is 33.6. The molecule has 0 aromatic carbocycles. The van der Waals surface area contributed by atoms with E-state index in [4.69, 9.17) is 28.4 Å². The molecule has 0 radical (unpaired) electrons. The molecule has 11 unspecified atom stereocenters. The number of hydrogen-bond donors (Lipinski definition) is 7. The van der Waals surface area contributed by atoms with Gasteiger partial charge in [-0.15, -0.1) is 0 Å². The first-order valence-electron chi connectivity index (χ1n) is 28.3. The van der Waals surface area contributed by atoms with E-state index in [9.17, 15) is 40.5 Å². The van der Waals surface area contributed by atoms with Crippen molar-refractivity contribution in [1.82, 2.24) is 0 Å². The van der Waals surface area contributed by atoms with Crippen LogP contribution in [-0.2, 0) is 33.2 Å². The maximum Gasteiger partial charge on any atom is 0.306 e. The fourth-order valence-corrected chi connectivity index (χ4v) is 9.16. The normalized spacial score (nSPS) is 25.7. The first-order valence-corrected chi connectivity index (χ1v) is 28.3. The van der Waals surface area contributed by atoms with E-state index in [0.717, 1.165) is 57.8 Å². The van der Waals surface area contributed by atoms with Crippen molar-refractivity contribution in [3.63, 3.8) is 0 Å². The van der Waals surface area contributed by atoms with E-state index >= 15 is 0 Å². The summed E-state index contributed by atoms with van der Waals surface area (Å²) in [5, 5.41) is 72.2. The highest BCUT2D eigenvalue weighted by Gasteiger charge is 2.47. The minimum Gasteiger partial charge on any atom is -0.457 e. The minimum absolute atomic E-state index is 0.0642. The number of aliphatic hydroxyl groups is 7. The second-order valence-corrected chi connectivity index (χ2v) is 20.1. The molecule has 2 aliphatic rings. The van der Waals surface area contributed by atoms with Crippen molar-refractivity contribution in [2.24, 2.45) is 0 Å². The molecule has 408 valence electrons. The Bertz CT molecular complexity index is 1190. The van der Waals surface area contributed by atoms with Crippen LogP contribution in [0.5, 0.6) is 0 Å². The van der Waals surface area contributed by atoms with Crippen LogP contribution in [0.15, 0.2) is 12.2 Å². The lowest BCUT2D eigenvalue weighted by atomic mass is 9.98. The van der Waals surface area contributed by atoms with Gasteiger partial charge in [-0.25, -0.2) is 0 Å². The van der Waals surface area contributed by atoms with E-state index in [-0.39, 0.29) is 25.6 Å². The van der Waals surface area contributed by atoms with Gasteiger partial charge in [0.15, 0.2) is 12.6 Å². The molecule has 2 saturated heterocycles. The summed E-state index contributed by atoms with van der Waals surface area (Å²) in [4.78, 5) is 13.0. The summed E-state index contributed by atoms with van der Waals surface area (Å²) in [6.07, 6.45) is 30.0. The molecule has 0 bridgehead atoms. The molecule has 69 heavy (non-hydrogen) atoms.